The van der Waals surface area contributed by atoms with E-state index in [0.717, 1.165) is 11.1 Å². The Morgan fingerprint density at radius 2 is 1.63 bits per heavy atom. The van der Waals surface area contributed by atoms with Crippen molar-refractivity contribution < 1.29 is 19.1 Å². The predicted octanol–water partition coefficient (Wildman–Crippen LogP) is 4.95. The standard InChI is InChI=1S/C27H30ClN3O4/c1-17(2)25(31-26(32)20-5-8-22(28)9-6-20)27(33)30-18(3)21-7-10-23(24(15-21)34-4)35-16-19-11-13-29-14-12-19/h5-15,17-18,25H,16H2,1-4H3,(H,30,33)(H,31,32). The lowest BCUT2D eigenvalue weighted by molar-refractivity contribution is -0.124. The van der Waals surface area contributed by atoms with Crippen molar-refractivity contribution in [1.29, 1.82) is 0 Å². The fourth-order valence-electron chi connectivity index (χ4n) is 3.46. The number of carbonyl (C=O) groups is 2. The fourth-order valence-corrected chi connectivity index (χ4v) is 3.59. The number of rotatable bonds is 10. The quantitative estimate of drug-likeness (QED) is 0.415. The first kappa shape index (κ1) is 26.0. The Balaban J connectivity index is 1.66. The van der Waals surface area contributed by atoms with E-state index in [1.54, 1.807) is 43.8 Å². The van der Waals surface area contributed by atoms with Gasteiger partial charge >= 0.3 is 0 Å². The summed E-state index contributed by atoms with van der Waals surface area (Å²) in [7, 11) is 1.57. The molecule has 2 unspecified atom stereocenters. The Labute approximate surface area is 210 Å². The first-order chi connectivity index (χ1) is 16.8. The maximum Gasteiger partial charge on any atom is 0.251 e. The van der Waals surface area contributed by atoms with E-state index in [2.05, 4.69) is 15.6 Å². The van der Waals surface area contributed by atoms with Crippen molar-refractivity contribution in [2.45, 2.75) is 39.5 Å². The van der Waals surface area contributed by atoms with E-state index in [1.807, 2.05) is 51.1 Å². The van der Waals surface area contributed by atoms with Gasteiger partial charge in [0.25, 0.3) is 5.91 Å². The SMILES string of the molecule is COc1cc(C(C)NC(=O)C(NC(=O)c2ccc(Cl)cc2)C(C)C)ccc1OCc1ccncc1. The molecule has 0 bridgehead atoms. The van der Waals surface area contributed by atoms with E-state index < -0.39 is 6.04 Å². The molecule has 3 rings (SSSR count). The predicted molar refractivity (Wildman–Crippen MR) is 136 cm³/mol. The Morgan fingerprint density at radius 1 is 0.943 bits per heavy atom. The van der Waals surface area contributed by atoms with Crippen molar-refractivity contribution in [3.63, 3.8) is 0 Å². The van der Waals surface area contributed by atoms with E-state index in [9.17, 15) is 9.59 Å². The van der Waals surface area contributed by atoms with Gasteiger partial charge in [0.1, 0.15) is 12.6 Å². The average Bonchev–Trinajstić information content (AvgIpc) is 2.86. The number of hydrogen-bond donors (Lipinski definition) is 2. The molecule has 2 amide bonds. The smallest absolute Gasteiger partial charge is 0.251 e. The summed E-state index contributed by atoms with van der Waals surface area (Å²) in [5.41, 5.74) is 2.28. The highest BCUT2D eigenvalue weighted by Gasteiger charge is 2.26. The van der Waals surface area contributed by atoms with E-state index in [1.165, 1.54) is 0 Å². The van der Waals surface area contributed by atoms with Gasteiger partial charge < -0.3 is 20.1 Å². The maximum atomic E-state index is 13.1. The first-order valence-electron chi connectivity index (χ1n) is 11.3. The minimum Gasteiger partial charge on any atom is -0.493 e. The lowest BCUT2D eigenvalue weighted by Gasteiger charge is -2.24. The third-order valence-corrected chi connectivity index (χ3v) is 5.78. The molecular weight excluding hydrogens is 466 g/mol. The van der Waals surface area contributed by atoms with Crippen LogP contribution in [-0.4, -0.2) is 29.9 Å². The minimum atomic E-state index is -0.703. The summed E-state index contributed by atoms with van der Waals surface area (Å²) < 4.78 is 11.4. The number of nitrogens with one attached hydrogen (secondary N) is 2. The highest BCUT2D eigenvalue weighted by Crippen LogP contribution is 2.31. The molecular formula is C27H30ClN3O4. The van der Waals surface area contributed by atoms with Crippen molar-refractivity contribution in [3.05, 3.63) is 88.7 Å². The molecule has 0 aliphatic carbocycles. The van der Waals surface area contributed by atoms with Crippen LogP contribution >= 0.6 is 11.6 Å². The number of pyridine rings is 1. The second-order valence-electron chi connectivity index (χ2n) is 8.49. The zero-order chi connectivity index (χ0) is 25.4. The summed E-state index contributed by atoms with van der Waals surface area (Å²) in [6, 6.07) is 14.8. The second kappa shape index (κ2) is 12.2. The minimum absolute atomic E-state index is 0.114. The topological polar surface area (TPSA) is 89.6 Å². The molecule has 0 saturated heterocycles. The third kappa shape index (κ3) is 7.20. The van der Waals surface area contributed by atoms with Crippen LogP contribution in [-0.2, 0) is 11.4 Å². The van der Waals surface area contributed by atoms with Crippen molar-refractivity contribution in [3.8, 4) is 11.5 Å². The summed E-state index contributed by atoms with van der Waals surface area (Å²) >= 11 is 5.90. The summed E-state index contributed by atoms with van der Waals surface area (Å²) in [4.78, 5) is 29.7. The first-order valence-corrected chi connectivity index (χ1v) is 11.7. The van der Waals surface area contributed by atoms with Gasteiger partial charge in [0.15, 0.2) is 11.5 Å². The Bertz CT molecular complexity index is 1140. The monoisotopic (exact) mass is 495 g/mol. The van der Waals surface area contributed by atoms with Crippen LogP contribution in [0.25, 0.3) is 0 Å². The van der Waals surface area contributed by atoms with E-state index in [4.69, 9.17) is 21.1 Å². The van der Waals surface area contributed by atoms with Crippen molar-refractivity contribution >= 4 is 23.4 Å². The molecule has 35 heavy (non-hydrogen) atoms. The van der Waals surface area contributed by atoms with Gasteiger partial charge in [-0.1, -0.05) is 31.5 Å². The van der Waals surface area contributed by atoms with Crippen LogP contribution in [0.5, 0.6) is 11.5 Å². The number of methoxy groups -OCH3 is 1. The maximum absolute atomic E-state index is 13.1. The molecule has 184 valence electrons. The Kier molecular flexibility index (Phi) is 9.09. The highest BCUT2D eigenvalue weighted by atomic mass is 35.5. The van der Waals surface area contributed by atoms with Gasteiger partial charge in [0.05, 0.1) is 13.2 Å². The van der Waals surface area contributed by atoms with E-state index in [0.29, 0.717) is 28.7 Å². The highest BCUT2D eigenvalue weighted by molar-refractivity contribution is 6.30. The number of halogens is 1. The molecule has 0 aliphatic rings. The van der Waals surface area contributed by atoms with E-state index in [-0.39, 0.29) is 23.8 Å². The molecule has 3 aromatic rings. The lowest BCUT2D eigenvalue weighted by atomic mass is 10.0. The summed E-state index contributed by atoms with van der Waals surface area (Å²) in [6.45, 7) is 6.03. The molecule has 1 heterocycles. The molecule has 0 fully saturated rings. The lowest BCUT2D eigenvalue weighted by Crippen LogP contribution is -2.50. The largest absolute Gasteiger partial charge is 0.493 e. The van der Waals surface area contributed by atoms with Gasteiger partial charge in [-0.15, -0.1) is 0 Å². The zero-order valence-corrected chi connectivity index (χ0v) is 21.0. The Morgan fingerprint density at radius 3 is 2.26 bits per heavy atom. The zero-order valence-electron chi connectivity index (χ0n) is 20.2. The number of nitrogens with zero attached hydrogens (tertiary/aromatic N) is 1. The van der Waals surface area contributed by atoms with Gasteiger partial charge in [-0.25, -0.2) is 0 Å². The van der Waals surface area contributed by atoms with Crippen LogP contribution in [0.1, 0.15) is 48.3 Å². The third-order valence-electron chi connectivity index (χ3n) is 5.53. The number of hydrogen-bond acceptors (Lipinski definition) is 5. The molecule has 2 atom stereocenters. The normalized spacial score (nSPS) is 12.5. The van der Waals surface area contributed by atoms with Crippen LogP contribution in [0, 0.1) is 5.92 Å². The van der Waals surface area contributed by atoms with Gasteiger partial charge in [-0.3, -0.25) is 14.6 Å². The van der Waals surface area contributed by atoms with Crippen molar-refractivity contribution in [2.75, 3.05) is 7.11 Å². The fraction of sp³-hybridized carbons (Fsp3) is 0.296. The van der Waals surface area contributed by atoms with Gasteiger partial charge in [-0.2, -0.15) is 0 Å². The molecule has 8 heteroatoms. The van der Waals surface area contributed by atoms with Gasteiger partial charge in [0.2, 0.25) is 5.91 Å². The van der Waals surface area contributed by atoms with Crippen LogP contribution < -0.4 is 20.1 Å². The molecule has 2 N–H and O–H groups in total. The Hall–Kier alpha value is -3.58. The molecule has 0 saturated carbocycles. The summed E-state index contributed by atoms with van der Waals surface area (Å²) in [6.07, 6.45) is 3.43. The number of carbonyl (C=O) groups excluding carboxylic acids is 2. The second-order valence-corrected chi connectivity index (χ2v) is 8.92. The van der Waals surface area contributed by atoms with Crippen molar-refractivity contribution in [2.24, 2.45) is 5.92 Å². The number of benzene rings is 2. The molecule has 0 aliphatic heterocycles. The average molecular weight is 496 g/mol. The molecule has 2 aromatic carbocycles. The van der Waals surface area contributed by atoms with Crippen LogP contribution in [0.2, 0.25) is 5.02 Å². The summed E-state index contributed by atoms with van der Waals surface area (Å²) in [5.74, 6) is 0.445. The number of aromatic nitrogens is 1. The molecule has 0 spiro atoms. The molecule has 7 nitrogen and oxygen atoms in total. The molecule has 1 aromatic heterocycles. The van der Waals surface area contributed by atoms with Crippen molar-refractivity contribution in [1.82, 2.24) is 15.6 Å². The van der Waals surface area contributed by atoms with Gasteiger partial charge in [-0.05, 0) is 72.5 Å². The van der Waals surface area contributed by atoms with Crippen LogP contribution in [0.3, 0.4) is 0 Å². The summed E-state index contributed by atoms with van der Waals surface area (Å²) in [5, 5.41) is 6.36. The van der Waals surface area contributed by atoms with Gasteiger partial charge in [0, 0.05) is 23.0 Å². The van der Waals surface area contributed by atoms with Crippen LogP contribution in [0.4, 0.5) is 0 Å². The van der Waals surface area contributed by atoms with Crippen LogP contribution in [0.15, 0.2) is 67.0 Å². The van der Waals surface area contributed by atoms with E-state index >= 15 is 0 Å². The number of ether oxygens (including phenoxy) is 2. The number of amides is 2. The molecule has 0 radical (unpaired) electrons.